The molecule has 132 valence electrons. The van der Waals surface area contributed by atoms with E-state index < -0.39 is 0 Å². The molecule has 1 N–H and O–H groups in total. The maximum atomic E-state index is 6.43. The van der Waals surface area contributed by atoms with Crippen molar-refractivity contribution in [2.24, 2.45) is 0 Å². The van der Waals surface area contributed by atoms with Gasteiger partial charge in [0.1, 0.15) is 11.9 Å². The Morgan fingerprint density at radius 1 is 0.960 bits per heavy atom. The standard InChI is InChI=1S/C21H25BrN2O/c22-16-7-9-17(10-8-16)24-15-3-5-20(24)19-4-1-2-6-21(19)25-18-11-13-23-14-12-18/h1-2,4,6-10,18,20,23H,3,5,11-15H2. The van der Waals surface area contributed by atoms with Crippen molar-refractivity contribution in [1.29, 1.82) is 0 Å². The molecule has 25 heavy (non-hydrogen) atoms. The van der Waals surface area contributed by atoms with E-state index in [0.29, 0.717) is 12.1 Å². The van der Waals surface area contributed by atoms with E-state index >= 15 is 0 Å². The molecule has 0 amide bonds. The largest absolute Gasteiger partial charge is 0.490 e. The van der Waals surface area contributed by atoms with Crippen LogP contribution in [0.3, 0.4) is 0 Å². The van der Waals surface area contributed by atoms with E-state index in [1.54, 1.807) is 0 Å². The minimum Gasteiger partial charge on any atom is -0.490 e. The molecule has 2 fully saturated rings. The Bertz CT molecular complexity index is 697. The Morgan fingerprint density at radius 3 is 2.52 bits per heavy atom. The zero-order valence-corrected chi connectivity index (χ0v) is 16.0. The average molecular weight is 401 g/mol. The lowest BCUT2D eigenvalue weighted by Gasteiger charge is -2.30. The van der Waals surface area contributed by atoms with Crippen LogP contribution in [0.1, 0.15) is 37.3 Å². The van der Waals surface area contributed by atoms with Gasteiger partial charge in [-0.15, -0.1) is 0 Å². The normalized spacial score (nSPS) is 21.5. The number of halogens is 1. The van der Waals surface area contributed by atoms with Gasteiger partial charge in [-0.1, -0.05) is 34.1 Å². The topological polar surface area (TPSA) is 24.5 Å². The first-order valence-electron chi connectivity index (χ1n) is 9.30. The van der Waals surface area contributed by atoms with Crippen LogP contribution in [0.4, 0.5) is 5.69 Å². The lowest BCUT2D eigenvalue weighted by Crippen LogP contribution is -2.34. The highest BCUT2D eigenvalue weighted by Gasteiger charge is 2.29. The van der Waals surface area contributed by atoms with Gasteiger partial charge in [-0.05, 0) is 69.1 Å². The molecule has 4 heteroatoms. The molecule has 0 saturated carbocycles. The SMILES string of the molecule is Brc1ccc(N2CCCC2c2ccccc2OC2CCNCC2)cc1. The maximum absolute atomic E-state index is 6.43. The molecule has 0 aromatic heterocycles. The summed E-state index contributed by atoms with van der Waals surface area (Å²) in [5.41, 5.74) is 2.63. The van der Waals surface area contributed by atoms with Gasteiger partial charge >= 0.3 is 0 Å². The lowest BCUT2D eigenvalue weighted by molar-refractivity contribution is 0.160. The molecule has 2 aliphatic rings. The molecule has 2 saturated heterocycles. The molecule has 2 heterocycles. The Hall–Kier alpha value is -1.52. The summed E-state index contributed by atoms with van der Waals surface area (Å²) < 4.78 is 7.55. The number of ether oxygens (including phenoxy) is 1. The predicted octanol–water partition coefficient (Wildman–Crippen LogP) is 4.92. The van der Waals surface area contributed by atoms with Gasteiger partial charge in [0.05, 0.1) is 6.04 Å². The van der Waals surface area contributed by atoms with Crippen LogP contribution in [0.15, 0.2) is 53.0 Å². The van der Waals surface area contributed by atoms with Crippen molar-refractivity contribution < 1.29 is 4.74 Å². The summed E-state index contributed by atoms with van der Waals surface area (Å²) in [4.78, 5) is 2.52. The van der Waals surface area contributed by atoms with E-state index in [2.05, 4.69) is 74.7 Å². The number of nitrogens with zero attached hydrogens (tertiary/aromatic N) is 1. The zero-order chi connectivity index (χ0) is 17.1. The second kappa shape index (κ2) is 7.79. The van der Waals surface area contributed by atoms with Gasteiger partial charge in [-0.2, -0.15) is 0 Å². The first-order chi connectivity index (χ1) is 12.3. The van der Waals surface area contributed by atoms with Gasteiger partial charge in [-0.3, -0.25) is 0 Å². The van der Waals surface area contributed by atoms with Gasteiger partial charge in [-0.25, -0.2) is 0 Å². The molecule has 0 radical (unpaired) electrons. The number of nitrogens with one attached hydrogen (secondary N) is 1. The maximum Gasteiger partial charge on any atom is 0.124 e. The van der Waals surface area contributed by atoms with Gasteiger partial charge < -0.3 is 15.0 Å². The molecule has 1 unspecified atom stereocenters. The molecule has 2 aromatic rings. The van der Waals surface area contributed by atoms with E-state index in [-0.39, 0.29) is 0 Å². The molecule has 3 nitrogen and oxygen atoms in total. The second-order valence-electron chi connectivity index (χ2n) is 6.93. The molecule has 0 bridgehead atoms. The molecule has 2 aliphatic heterocycles. The minimum absolute atomic E-state index is 0.338. The zero-order valence-electron chi connectivity index (χ0n) is 14.5. The quantitative estimate of drug-likeness (QED) is 0.787. The summed E-state index contributed by atoms with van der Waals surface area (Å²) in [6.45, 7) is 3.22. The van der Waals surface area contributed by atoms with Crippen molar-refractivity contribution in [2.75, 3.05) is 24.5 Å². The summed E-state index contributed by atoms with van der Waals surface area (Å²) in [6, 6.07) is 17.7. The third-order valence-electron chi connectivity index (χ3n) is 5.27. The van der Waals surface area contributed by atoms with E-state index in [1.807, 2.05) is 0 Å². The van der Waals surface area contributed by atoms with Crippen LogP contribution in [0.5, 0.6) is 5.75 Å². The van der Waals surface area contributed by atoms with Crippen LogP contribution in [0.25, 0.3) is 0 Å². The predicted molar refractivity (Wildman–Crippen MR) is 106 cm³/mol. The van der Waals surface area contributed by atoms with Crippen molar-refractivity contribution in [3.8, 4) is 5.75 Å². The molecular weight excluding hydrogens is 376 g/mol. The number of hydrogen-bond acceptors (Lipinski definition) is 3. The summed E-state index contributed by atoms with van der Waals surface area (Å²) in [5, 5.41) is 3.41. The fourth-order valence-corrected chi connectivity index (χ4v) is 4.25. The highest BCUT2D eigenvalue weighted by atomic mass is 79.9. The first kappa shape index (κ1) is 16.9. The van der Waals surface area contributed by atoms with E-state index in [9.17, 15) is 0 Å². The molecular formula is C21H25BrN2O. The smallest absolute Gasteiger partial charge is 0.124 e. The van der Waals surface area contributed by atoms with Crippen LogP contribution < -0.4 is 15.0 Å². The molecule has 1 atom stereocenters. The highest BCUT2D eigenvalue weighted by Crippen LogP contribution is 2.40. The summed E-state index contributed by atoms with van der Waals surface area (Å²) >= 11 is 3.54. The van der Waals surface area contributed by atoms with Crippen LogP contribution >= 0.6 is 15.9 Å². The van der Waals surface area contributed by atoms with Crippen molar-refractivity contribution in [3.63, 3.8) is 0 Å². The van der Waals surface area contributed by atoms with Gasteiger partial charge in [0.25, 0.3) is 0 Å². The van der Waals surface area contributed by atoms with Gasteiger partial charge in [0.2, 0.25) is 0 Å². The third kappa shape index (κ3) is 3.85. The lowest BCUT2D eigenvalue weighted by atomic mass is 10.0. The molecule has 2 aromatic carbocycles. The fourth-order valence-electron chi connectivity index (χ4n) is 3.99. The van der Waals surface area contributed by atoms with E-state index in [1.165, 1.54) is 24.1 Å². The van der Waals surface area contributed by atoms with Gasteiger partial charge in [0.15, 0.2) is 0 Å². The second-order valence-corrected chi connectivity index (χ2v) is 7.85. The number of rotatable bonds is 4. The van der Waals surface area contributed by atoms with Crippen LogP contribution in [-0.2, 0) is 0 Å². The Balaban J connectivity index is 1.58. The van der Waals surface area contributed by atoms with Crippen LogP contribution in [0.2, 0.25) is 0 Å². The van der Waals surface area contributed by atoms with Gasteiger partial charge in [0, 0.05) is 22.3 Å². The average Bonchev–Trinajstić information content (AvgIpc) is 3.13. The molecule has 0 spiro atoms. The minimum atomic E-state index is 0.338. The summed E-state index contributed by atoms with van der Waals surface area (Å²) in [6.07, 6.45) is 4.93. The Labute approximate surface area is 158 Å². The van der Waals surface area contributed by atoms with E-state index in [4.69, 9.17) is 4.74 Å². The van der Waals surface area contributed by atoms with Crippen molar-refractivity contribution in [2.45, 2.75) is 37.8 Å². The van der Waals surface area contributed by atoms with Crippen molar-refractivity contribution in [3.05, 3.63) is 58.6 Å². The summed E-state index contributed by atoms with van der Waals surface area (Å²) in [5.74, 6) is 1.07. The monoisotopic (exact) mass is 400 g/mol. The first-order valence-corrected chi connectivity index (χ1v) is 10.1. The Morgan fingerprint density at radius 2 is 1.72 bits per heavy atom. The van der Waals surface area contributed by atoms with E-state index in [0.717, 1.165) is 42.7 Å². The van der Waals surface area contributed by atoms with Crippen LogP contribution in [0, 0.1) is 0 Å². The fraction of sp³-hybridized carbons (Fsp3) is 0.429. The molecule has 0 aliphatic carbocycles. The molecule has 4 rings (SSSR count). The summed E-state index contributed by atoms with van der Waals surface area (Å²) in [7, 11) is 0. The Kier molecular flexibility index (Phi) is 5.28. The number of benzene rings is 2. The number of piperidine rings is 1. The van der Waals surface area contributed by atoms with Crippen molar-refractivity contribution in [1.82, 2.24) is 5.32 Å². The van der Waals surface area contributed by atoms with Crippen LogP contribution in [-0.4, -0.2) is 25.7 Å². The number of anilines is 1. The number of hydrogen-bond donors (Lipinski definition) is 1. The third-order valence-corrected chi connectivity index (χ3v) is 5.80. The number of para-hydroxylation sites is 1. The highest BCUT2D eigenvalue weighted by molar-refractivity contribution is 9.10. The van der Waals surface area contributed by atoms with Crippen molar-refractivity contribution >= 4 is 21.6 Å².